The molecule has 29 heavy (non-hydrogen) atoms. The SMILES string of the molecule is COC(=O)CNC(=O)[C@H](CC(C)C)NC(=O)CN1CCCNCCCNCCC1. The van der Waals surface area contributed by atoms with Crippen molar-refractivity contribution in [3.8, 4) is 0 Å². The number of esters is 1. The highest BCUT2D eigenvalue weighted by molar-refractivity contribution is 5.90. The molecule has 9 heteroatoms. The Kier molecular flexibility index (Phi) is 13.3. The third kappa shape index (κ3) is 12.5. The molecule has 1 rings (SSSR count). The quantitative estimate of drug-likeness (QED) is 0.396. The molecule has 1 aliphatic rings. The van der Waals surface area contributed by atoms with Gasteiger partial charge in [0.2, 0.25) is 11.8 Å². The molecule has 168 valence electrons. The zero-order chi connectivity index (χ0) is 21.5. The maximum Gasteiger partial charge on any atom is 0.325 e. The maximum atomic E-state index is 12.6. The number of rotatable bonds is 8. The van der Waals surface area contributed by atoms with E-state index in [4.69, 9.17) is 0 Å². The molecule has 0 aromatic rings. The van der Waals surface area contributed by atoms with Gasteiger partial charge in [0.15, 0.2) is 0 Å². The highest BCUT2D eigenvalue weighted by Gasteiger charge is 2.23. The van der Waals surface area contributed by atoms with E-state index < -0.39 is 12.0 Å². The number of methoxy groups -OCH3 is 1. The van der Waals surface area contributed by atoms with Crippen LogP contribution in [0.15, 0.2) is 0 Å². The molecule has 1 saturated heterocycles. The summed E-state index contributed by atoms with van der Waals surface area (Å²) in [4.78, 5) is 38.4. The number of hydrogen-bond acceptors (Lipinski definition) is 7. The molecule has 9 nitrogen and oxygen atoms in total. The number of amides is 2. The molecule has 1 aliphatic heterocycles. The fraction of sp³-hybridized carbons (Fsp3) is 0.850. The molecule has 0 spiro atoms. The minimum absolute atomic E-state index is 0.170. The van der Waals surface area contributed by atoms with Crippen molar-refractivity contribution in [1.82, 2.24) is 26.2 Å². The molecule has 1 atom stereocenters. The van der Waals surface area contributed by atoms with Gasteiger partial charge in [-0.1, -0.05) is 13.8 Å². The van der Waals surface area contributed by atoms with E-state index in [9.17, 15) is 14.4 Å². The minimum atomic E-state index is -0.664. The number of nitrogens with zero attached hydrogens (tertiary/aromatic N) is 1. The van der Waals surface area contributed by atoms with Crippen LogP contribution in [0.3, 0.4) is 0 Å². The lowest BCUT2D eigenvalue weighted by molar-refractivity contribution is -0.141. The Labute approximate surface area is 174 Å². The summed E-state index contributed by atoms with van der Waals surface area (Å²) >= 11 is 0. The number of hydrogen-bond donors (Lipinski definition) is 4. The molecule has 4 N–H and O–H groups in total. The Morgan fingerprint density at radius 2 is 1.59 bits per heavy atom. The molecule has 0 aromatic carbocycles. The molecule has 1 heterocycles. The van der Waals surface area contributed by atoms with Crippen LogP contribution in [0, 0.1) is 5.92 Å². The first-order chi connectivity index (χ1) is 13.9. The summed E-state index contributed by atoms with van der Waals surface area (Å²) in [5.41, 5.74) is 0. The molecule has 0 unspecified atom stereocenters. The Hall–Kier alpha value is -1.71. The first kappa shape index (κ1) is 25.3. The van der Waals surface area contributed by atoms with Crippen LogP contribution in [0.2, 0.25) is 0 Å². The number of carbonyl (C=O) groups excluding carboxylic acids is 3. The van der Waals surface area contributed by atoms with Gasteiger partial charge in [-0.15, -0.1) is 0 Å². The van der Waals surface area contributed by atoms with Crippen LogP contribution < -0.4 is 21.3 Å². The summed E-state index contributed by atoms with van der Waals surface area (Å²) in [7, 11) is 1.27. The molecule has 0 aliphatic carbocycles. The molecule has 2 amide bonds. The van der Waals surface area contributed by atoms with Crippen LogP contribution in [-0.4, -0.2) is 88.2 Å². The van der Waals surface area contributed by atoms with Crippen LogP contribution in [0.4, 0.5) is 0 Å². The van der Waals surface area contributed by atoms with Crippen molar-refractivity contribution in [2.45, 2.75) is 45.6 Å². The number of ether oxygens (including phenoxy) is 1. The Balaban J connectivity index is 2.56. The van der Waals surface area contributed by atoms with Crippen LogP contribution in [-0.2, 0) is 19.1 Å². The van der Waals surface area contributed by atoms with E-state index in [1.54, 1.807) is 0 Å². The predicted molar refractivity (Wildman–Crippen MR) is 112 cm³/mol. The van der Waals surface area contributed by atoms with E-state index >= 15 is 0 Å². The lowest BCUT2D eigenvalue weighted by atomic mass is 10.0. The second kappa shape index (κ2) is 15.2. The summed E-state index contributed by atoms with van der Waals surface area (Å²) in [5, 5.41) is 12.2. The topological polar surface area (TPSA) is 112 Å². The average molecular weight is 414 g/mol. The van der Waals surface area contributed by atoms with E-state index in [0.717, 1.165) is 58.5 Å². The fourth-order valence-electron chi connectivity index (χ4n) is 3.21. The van der Waals surface area contributed by atoms with Gasteiger partial charge in [-0.3, -0.25) is 19.3 Å². The van der Waals surface area contributed by atoms with Gasteiger partial charge < -0.3 is 26.0 Å². The van der Waals surface area contributed by atoms with E-state index in [2.05, 4.69) is 30.9 Å². The number of nitrogens with one attached hydrogen (secondary N) is 4. The van der Waals surface area contributed by atoms with Crippen molar-refractivity contribution in [3.05, 3.63) is 0 Å². The summed E-state index contributed by atoms with van der Waals surface area (Å²) in [5.74, 6) is -0.825. The first-order valence-corrected chi connectivity index (χ1v) is 10.7. The van der Waals surface area contributed by atoms with Crippen molar-refractivity contribution in [1.29, 1.82) is 0 Å². The van der Waals surface area contributed by atoms with Gasteiger partial charge in [-0.05, 0) is 70.9 Å². The molecule has 0 saturated carbocycles. The van der Waals surface area contributed by atoms with Crippen molar-refractivity contribution in [2.75, 3.05) is 59.5 Å². The molecule has 0 bridgehead atoms. The smallest absolute Gasteiger partial charge is 0.325 e. The average Bonchev–Trinajstić information content (AvgIpc) is 2.67. The maximum absolute atomic E-state index is 12.6. The largest absolute Gasteiger partial charge is 0.468 e. The van der Waals surface area contributed by atoms with Gasteiger partial charge in [0.25, 0.3) is 0 Å². The highest BCUT2D eigenvalue weighted by Crippen LogP contribution is 2.05. The standard InChI is InChI=1S/C20H39N5O4/c1-16(2)13-17(20(28)23-14-19(27)29-3)24-18(26)15-25-11-5-9-21-7-4-8-22-10-6-12-25/h16-17,21-22H,4-15H2,1-3H3,(H,23,28)(H,24,26)/t17-/m0/s1. The van der Waals surface area contributed by atoms with Gasteiger partial charge in [-0.2, -0.15) is 0 Å². The Morgan fingerprint density at radius 1 is 1.00 bits per heavy atom. The molecule has 1 fully saturated rings. The summed E-state index contributed by atoms with van der Waals surface area (Å²) in [6.45, 7) is 9.59. The van der Waals surface area contributed by atoms with E-state index in [0.29, 0.717) is 6.42 Å². The van der Waals surface area contributed by atoms with E-state index in [-0.39, 0.29) is 30.8 Å². The van der Waals surface area contributed by atoms with Crippen molar-refractivity contribution >= 4 is 17.8 Å². The lowest BCUT2D eigenvalue weighted by Gasteiger charge is -2.25. The second-order valence-electron chi connectivity index (χ2n) is 7.88. The van der Waals surface area contributed by atoms with Gasteiger partial charge in [0.05, 0.1) is 13.7 Å². The molecular formula is C20H39N5O4. The summed E-state index contributed by atoms with van der Waals surface area (Å²) in [6.07, 6.45) is 3.60. The fourth-order valence-corrected chi connectivity index (χ4v) is 3.21. The van der Waals surface area contributed by atoms with E-state index in [1.165, 1.54) is 7.11 Å². The minimum Gasteiger partial charge on any atom is -0.468 e. The van der Waals surface area contributed by atoms with Crippen LogP contribution in [0.1, 0.15) is 39.5 Å². The van der Waals surface area contributed by atoms with Gasteiger partial charge in [0, 0.05) is 0 Å². The predicted octanol–water partition coefficient (Wildman–Crippen LogP) is -0.528. The van der Waals surface area contributed by atoms with Gasteiger partial charge in [0.1, 0.15) is 12.6 Å². The monoisotopic (exact) mass is 413 g/mol. The second-order valence-corrected chi connectivity index (χ2v) is 7.88. The first-order valence-electron chi connectivity index (χ1n) is 10.7. The summed E-state index contributed by atoms with van der Waals surface area (Å²) in [6, 6.07) is -0.664. The number of carbonyl (C=O) groups is 3. The molecule has 0 radical (unpaired) electrons. The van der Waals surface area contributed by atoms with Crippen LogP contribution >= 0.6 is 0 Å². The van der Waals surface area contributed by atoms with Crippen molar-refractivity contribution < 1.29 is 19.1 Å². The Bertz CT molecular complexity index is 489. The van der Waals surface area contributed by atoms with Gasteiger partial charge >= 0.3 is 5.97 Å². The third-order valence-corrected chi connectivity index (χ3v) is 4.72. The van der Waals surface area contributed by atoms with Crippen LogP contribution in [0.5, 0.6) is 0 Å². The zero-order valence-electron chi connectivity index (χ0n) is 18.2. The van der Waals surface area contributed by atoms with Gasteiger partial charge in [-0.25, -0.2) is 0 Å². The van der Waals surface area contributed by atoms with E-state index in [1.807, 2.05) is 13.8 Å². The third-order valence-electron chi connectivity index (χ3n) is 4.72. The van der Waals surface area contributed by atoms with Crippen molar-refractivity contribution in [3.63, 3.8) is 0 Å². The summed E-state index contributed by atoms with van der Waals surface area (Å²) < 4.78 is 4.54. The normalized spacial score (nSPS) is 18.2. The van der Waals surface area contributed by atoms with Crippen LogP contribution in [0.25, 0.3) is 0 Å². The molecule has 0 aromatic heterocycles. The van der Waals surface area contributed by atoms with Crippen molar-refractivity contribution in [2.24, 2.45) is 5.92 Å². The highest BCUT2D eigenvalue weighted by atomic mass is 16.5. The lowest BCUT2D eigenvalue weighted by Crippen LogP contribution is -2.51. The molecular weight excluding hydrogens is 374 g/mol. The Morgan fingerprint density at radius 3 is 2.14 bits per heavy atom. The zero-order valence-corrected chi connectivity index (χ0v) is 18.2.